The van der Waals surface area contributed by atoms with E-state index in [1.165, 1.54) is 0 Å². The summed E-state index contributed by atoms with van der Waals surface area (Å²) >= 11 is 0. The molecule has 0 aliphatic heterocycles. The number of ketones is 1. The van der Waals surface area contributed by atoms with Crippen LogP contribution in [-0.2, 0) is 9.53 Å². The van der Waals surface area contributed by atoms with Gasteiger partial charge in [0.05, 0.1) is 5.52 Å². The highest BCUT2D eigenvalue weighted by atomic mass is 16.5. The summed E-state index contributed by atoms with van der Waals surface area (Å²) in [4.78, 5) is 12.2. The molecule has 1 heterocycles. The molecule has 1 atom stereocenters. The third-order valence-corrected chi connectivity index (χ3v) is 2.98. The van der Waals surface area contributed by atoms with Gasteiger partial charge in [0.1, 0.15) is 5.52 Å². The topological polar surface area (TPSA) is 57.0 Å². The number of fused-ring (bicyclic) bond motifs is 1. The lowest BCUT2D eigenvalue weighted by Crippen LogP contribution is -2.23. The summed E-state index contributed by atoms with van der Waals surface area (Å²) in [5, 5.41) is 8.13. The van der Waals surface area contributed by atoms with E-state index in [0.717, 1.165) is 23.9 Å². The predicted molar refractivity (Wildman–Crippen MR) is 72.7 cm³/mol. The Hall–Kier alpha value is -1.75. The van der Waals surface area contributed by atoms with Crippen LogP contribution in [0.3, 0.4) is 0 Å². The lowest BCUT2D eigenvalue weighted by atomic mass is 10.1. The number of carbonyl (C=O) groups is 1. The predicted octanol–water partition coefficient (Wildman–Crippen LogP) is 2.73. The number of ether oxygens (including phenoxy) is 1. The molecule has 1 unspecified atom stereocenters. The van der Waals surface area contributed by atoms with Crippen LogP contribution >= 0.6 is 0 Å². The fraction of sp³-hybridized carbons (Fsp3) is 0.500. The summed E-state index contributed by atoms with van der Waals surface area (Å²) in [6, 6.07) is 7.57. The Morgan fingerprint density at radius 3 is 2.89 bits per heavy atom. The van der Waals surface area contributed by atoms with Crippen LogP contribution in [0.15, 0.2) is 24.3 Å². The minimum atomic E-state index is -0.663. The normalized spacial score (nSPS) is 12.7. The molecule has 5 heteroatoms. The largest absolute Gasteiger partial charge is 0.350 e. The van der Waals surface area contributed by atoms with E-state index in [2.05, 4.69) is 17.2 Å². The molecule has 1 aromatic carbocycles. The number of para-hydroxylation sites is 1. The first-order chi connectivity index (χ1) is 9.27. The van der Waals surface area contributed by atoms with Crippen LogP contribution in [0.4, 0.5) is 0 Å². The summed E-state index contributed by atoms with van der Waals surface area (Å²) < 4.78 is 7.14. The van der Waals surface area contributed by atoms with Gasteiger partial charge in [-0.15, -0.1) is 5.10 Å². The minimum absolute atomic E-state index is 0.0550. The molecule has 1 aromatic heterocycles. The van der Waals surface area contributed by atoms with E-state index in [1.54, 1.807) is 4.68 Å². The van der Waals surface area contributed by atoms with E-state index >= 15 is 0 Å². The smallest absolute Gasteiger partial charge is 0.211 e. The van der Waals surface area contributed by atoms with Gasteiger partial charge in [0.15, 0.2) is 5.78 Å². The van der Waals surface area contributed by atoms with E-state index in [0.29, 0.717) is 13.0 Å². The number of hydrogen-bond acceptors (Lipinski definition) is 4. The van der Waals surface area contributed by atoms with Crippen molar-refractivity contribution in [2.75, 3.05) is 6.61 Å². The monoisotopic (exact) mass is 261 g/mol. The Morgan fingerprint density at radius 2 is 2.16 bits per heavy atom. The average Bonchev–Trinajstić information content (AvgIpc) is 2.86. The molecule has 0 aliphatic rings. The maximum atomic E-state index is 12.2. The lowest BCUT2D eigenvalue weighted by Gasteiger charge is -2.16. The molecule has 0 saturated carbocycles. The molecular weight excluding hydrogens is 242 g/mol. The SMILES string of the molecule is CCCCC(=O)C(OCC)n1nnc2ccccc21. The van der Waals surface area contributed by atoms with Crippen molar-refractivity contribution < 1.29 is 9.53 Å². The molecule has 2 aromatic rings. The zero-order chi connectivity index (χ0) is 13.7. The van der Waals surface area contributed by atoms with Crippen LogP contribution in [0.1, 0.15) is 39.3 Å². The van der Waals surface area contributed by atoms with Crippen molar-refractivity contribution in [1.82, 2.24) is 15.0 Å². The number of benzene rings is 1. The van der Waals surface area contributed by atoms with Crippen LogP contribution in [0.25, 0.3) is 11.0 Å². The molecule has 102 valence electrons. The van der Waals surface area contributed by atoms with Crippen LogP contribution in [-0.4, -0.2) is 27.4 Å². The van der Waals surface area contributed by atoms with Gasteiger partial charge in [-0.1, -0.05) is 30.7 Å². The number of nitrogens with zero attached hydrogens (tertiary/aromatic N) is 3. The Labute approximate surface area is 112 Å². The third kappa shape index (κ3) is 2.98. The Balaban J connectivity index is 2.30. The second-order valence-electron chi connectivity index (χ2n) is 4.40. The standard InChI is InChI=1S/C14H19N3O2/c1-3-5-10-13(18)14(19-4-2)17-12-9-7-6-8-11(12)15-16-17/h6-9,14H,3-5,10H2,1-2H3. The first kappa shape index (κ1) is 13.7. The number of hydrogen-bond donors (Lipinski definition) is 0. The molecule has 0 aliphatic carbocycles. The molecule has 0 bridgehead atoms. The second kappa shape index (κ2) is 6.43. The van der Waals surface area contributed by atoms with E-state index in [4.69, 9.17) is 4.74 Å². The fourth-order valence-corrected chi connectivity index (χ4v) is 1.99. The summed E-state index contributed by atoms with van der Waals surface area (Å²) in [6.45, 7) is 4.41. The molecule has 0 amide bonds. The molecule has 0 radical (unpaired) electrons. The molecule has 5 nitrogen and oxygen atoms in total. The molecule has 0 N–H and O–H groups in total. The number of carbonyl (C=O) groups excluding carboxylic acids is 1. The molecule has 0 saturated heterocycles. The average molecular weight is 261 g/mol. The highest BCUT2D eigenvalue weighted by molar-refractivity contribution is 5.83. The maximum Gasteiger partial charge on any atom is 0.211 e. The molecule has 0 fully saturated rings. The van der Waals surface area contributed by atoms with E-state index in [-0.39, 0.29) is 5.78 Å². The summed E-state index contributed by atoms with van der Waals surface area (Å²) in [5.74, 6) is 0.0550. The zero-order valence-electron chi connectivity index (χ0n) is 11.4. The van der Waals surface area contributed by atoms with E-state index < -0.39 is 6.23 Å². The van der Waals surface area contributed by atoms with Crippen molar-refractivity contribution in [2.24, 2.45) is 0 Å². The Morgan fingerprint density at radius 1 is 1.37 bits per heavy atom. The number of unbranched alkanes of at least 4 members (excludes halogenated alkanes) is 1. The van der Waals surface area contributed by atoms with Gasteiger partial charge in [-0.3, -0.25) is 4.79 Å². The van der Waals surface area contributed by atoms with Crippen LogP contribution in [0.2, 0.25) is 0 Å². The van der Waals surface area contributed by atoms with E-state index in [9.17, 15) is 4.79 Å². The first-order valence-corrected chi connectivity index (χ1v) is 6.72. The van der Waals surface area contributed by atoms with Gasteiger partial charge < -0.3 is 4.74 Å². The number of aromatic nitrogens is 3. The van der Waals surface area contributed by atoms with Crippen LogP contribution in [0.5, 0.6) is 0 Å². The Kier molecular flexibility index (Phi) is 4.63. The molecule has 19 heavy (non-hydrogen) atoms. The minimum Gasteiger partial charge on any atom is -0.350 e. The number of rotatable bonds is 7. The fourth-order valence-electron chi connectivity index (χ4n) is 1.99. The van der Waals surface area contributed by atoms with Crippen molar-refractivity contribution in [1.29, 1.82) is 0 Å². The second-order valence-corrected chi connectivity index (χ2v) is 4.40. The lowest BCUT2D eigenvalue weighted by molar-refractivity contribution is -0.137. The number of Topliss-reactive ketones (excluding diaryl/α,β-unsaturated/α-hetero) is 1. The van der Waals surface area contributed by atoms with Crippen molar-refractivity contribution in [2.45, 2.75) is 39.3 Å². The first-order valence-electron chi connectivity index (χ1n) is 6.72. The Bertz CT molecular complexity index is 550. The summed E-state index contributed by atoms with van der Waals surface area (Å²) in [6.07, 6.45) is 1.71. The van der Waals surface area contributed by atoms with Gasteiger partial charge in [-0.05, 0) is 25.5 Å². The zero-order valence-corrected chi connectivity index (χ0v) is 11.4. The van der Waals surface area contributed by atoms with Gasteiger partial charge >= 0.3 is 0 Å². The van der Waals surface area contributed by atoms with Gasteiger partial charge in [0, 0.05) is 13.0 Å². The van der Waals surface area contributed by atoms with Crippen molar-refractivity contribution in [3.05, 3.63) is 24.3 Å². The van der Waals surface area contributed by atoms with Crippen molar-refractivity contribution >= 4 is 16.8 Å². The van der Waals surface area contributed by atoms with E-state index in [1.807, 2.05) is 31.2 Å². The summed E-state index contributed by atoms with van der Waals surface area (Å²) in [7, 11) is 0. The van der Waals surface area contributed by atoms with Crippen LogP contribution in [0, 0.1) is 0 Å². The summed E-state index contributed by atoms with van der Waals surface area (Å²) in [5.41, 5.74) is 1.60. The molecular formula is C14H19N3O2. The third-order valence-electron chi connectivity index (χ3n) is 2.98. The van der Waals surface area contributed by atoms with Gasteiger partial charge in [0.2, 0.25) is 6.23 Å². The highest BCUT2D eigenvalue weighted by Gasteiger charge is 2.23. The maximum absolute atomic E-state index is 12.2. The highest BCUT2D eigenvalue weighted by Crippen LogP contribution is 2.19. The van der Waals surface area contributed by atoms with Crippen LogP contribution < -0.4 is 0 Å². The van der Waals surface area contributed by atoms with Gasteiger partial charge in [-0.25, -0.2) is 4.68 Å². The van der Waals surface area contributed by atoms with Crippen molar-refractivity contribution in [3.8, 4) is 0 Å². The van der Waals surface area contributed by atoms with Gasteiger partial charge in [0.25, 0.3) is 0 Å². The molecule has 2 rings (SSSR count). The van der Waals surface area contributed by atoms with Gasteiger partial charge in [-0.2, -0.15) is 0 Å². The quantitative estimate of drug-likeness (QED) is 0.769. The molecule has 0 spiro atoms. The van der Waals surface area contributed by atoms with Crippen molar-refractivity contribution in [3.63, 3.8) is 0 Å².